The Labute approximate surface area is 172 Å². The number of hydrogen-bond donors (Lipinski definition) is 1. The molecule has 0 aliphatic carbocycles. The summed E-state index contributed by atoms with van der Waals surface area (Å²) in [6, 6.07) is 8.92. The number of fused-ring (bicyclic) bond motifs is 1. The second-order valence-electron chi connectivity index (χ2n) is 7.37. The average molecular weight is 412 g/mol. The van der Waals surface area contributed by atoms with Gasteiger partial charge in [0.1, 0.15) is 5.82 Å². The average Bonchev–Trinajstić information content (AvgIpc) is 2.96. The number of ether oxygens (including phenoxy) is 1. The predicted molar refractivity (Wildman–Crippen MR) is 107 cm³/mol. The zero-order valence-corrected chi connectivity index (χ0v) is 16.8. The fourth-order valence-corrected chi connectivity index (χ4v) is 2.92. The molecule has 0 spiro atoms. The Morgan fingerprint density at radius 3 is 2.27 bits per heavy atom. The van der Waals surface area contributed by atoms with E-state index in [4.69, 9.17) is 4.74 Å². The maximum Gasteiger partial charge on any atom is 0.338 e. The van der Waals surface area contributed by atoms with E-state index in [0.717, 1.165) is 17.0 Å². The van der Waals surface area contributed by atoms with Crippen LogP contribution in [0.15, 0.2) is 42.5 Å². The molecular weight excluding hydrogens is 391 g/mol. The summed E-state index contributed by atoms with van der Waals surface area (Å²) in [6.45, 7) is 5.78. The van der Waals surface area contributed by atoms with Crippen molar-refractivity contribution in [1.82, 2.24) is 5.32 Å². The van der Waals surface area contributed by atoms with E-state index in [9.17, 15) is 23.6 Å². The predicted octanol–water partition coefficient (Wildman–Crippen LogP) is 2.94. The highest BCUT2D eigenvalue weighted by Crippen LogP contribution is 2.29. The quantitative estimate of drug-likeness (QED) is 0.582. The molecule has 1 aliphatic rings. The Kier molecular flexibility index (Phi) is 5.96. The van der Waals surface area contributed by atoms with Gasteiger partial charge in [0.25, 0.3) is 17.7 Å². The first-order valence-corrected chi connectivity index (χ1v) is 9.46. The van der Waals surface area contributed by atoms with E-state index < -0.39 is 35.6 Å². The van der Waals surface area contributed by atoms with Gasteiger partial charge >= 0.3 is 5.97 Å². The maximum absolute atomic E-state index is 13.2. The van der Waals surface area contributed by atoms with Crippen molar-refractivity contribution in [3.63, 3.8) is 0 Å². The summed E-state index contributed by atoms with van der Waals surface area (Å²) in [6.07, 6.45) is -1.02. The number of halogens is 1. The van der Waals surface area contributed by atoms with E-state index in [0.29, 0.717) is 6.54 Å². The SMILES string of the molecule is CC(C)CNC(=O)C(C)OC(=O)c1ccc2c(c1)C(=O)N(c1ccc(F)cc1)C2=O. The van der Waals surface area contributed by atoms with E-state index >= 15 is 0 Å². The molecule has 0 saturated heterocycles. The number of carbonyl (C=O) groups is 4. The van der Waals surface area contributed by atoms with Crippen LogP contribution in [0.25, 0.3) is 0 Å². The van der Waals surface area contributed by atoms with Gasteiger partial charge in [-0.1, -0.05) is 13.8 Å². The first-order valence-electron chi connectivity index (χ1n) is 9.46. The van der Waals surface area contributed by atoms with Gasteiger partial charge in [-0.3, -0.25) is 14.4 Å². The second kappa shape index (κ2) is 8.44. The van der Waals surface area contributed by atoms with Crippen molar-refractivity contribution in [1.29, 1.82) is 0 Å². The zero-order chi connectivity index (χ0) is 22.0. The molecule has 1 aliphatic heterocycles. The van der Waals surface area contributed by atoms with Crippen LogP contribution in [0.4, 0.5) is 10.1 Å². The van der Waals surface area contributed by atoms with Crippen LogP contribution < -0.4 is 10.2 Å². The first-order chi connectivity index (χ1) is 14.2. The largest absolute Gasteiger partial charge is 0.449 e. The lowest BCUT2D eigenvalue weighted by molar-refractivity contribution is -0.129. The molecule has 2 aromatic rings. The fourth-order valence-electron chi connectivity index (χ4n) is 2.92. The van der Waals surface area contributed by atoms with Gasteiger partial charge in [-0.15, -0.1) is 0 Å². The topological polar surface area (TPSA) is 92.8 Å². The molecule has 0 radical (unpaired) electrons. The number of carbonyl (C=O) groups excluding carboxylic acids is 4. The minimum absolute atomic E-state index is 0.0377. The van der Waals surface area contributed by atoms with Crippen molar-refractivity contribution < 1.29 is 28.3 Å². The van der Waals surface area contributed by atoms with Gasteiger partial charge in [-0.2, -0.15) is 0 Å². The van der Waals surface area contributed by atoms with Gasteiger partial charge in [-0.05, 0) is 55.3 Å². The number of hydrogen-bond acceptors (Lipinski definition) is 5. The van der Waals surface area contributed by atoms with Gasteiger partial charge in [-0.25, -0.2) is 14.1 Å². The monoisotopic (exact) mass is 412 g/mol. The van der Waals surface area contributed by atoms with Crippen LogP contribution in [0.1, 0.15) is 51.8 Å². The van der Waals surface area contributed by atoms with Crippen LogP contribution in [0, 0.1) is 11.7 Å². The molecule has 8 heteroatoms. The lowest BCUT2D eigenvalue weighted by atomic mass is 10.1. The van der Waals surface area contributed by atoms with Gasteiger partial charge in [0.2, 0.25) is 0 Å². The molecule has 0 fully saturated rings. The van der Waals surface area contributed by atoms with E-state index in [1.54, 1.807) is 0 Å². The van der Waals surface area contributed by atoms with E-state index in [1.165, 1.54) is 37.3 Å². The number of nitrogens with zero attached hydrogens (tertiary/aromatic N) is 1. The molecule has 1 atom stereocenters. The molecule has 3 rings (SSSR count). The molecule has 0 bridgehead atoms. The highest BCUT2D eigenvalue weighted by atomic mass is 19.1. The molecule has 3 amide bonds. The van der Waals surface area contributed by atoms with E-state index in [1.807, 2.05) is 13.8 Å². The van der Waals surface area contributed by atoms with Crippen molar-refractivity contribution >= 4 is 29.4 Å². The van der Waals surface area contributed by atoms with Gasteiger partial charge < -0.3 is 10.1 Å². The van der Waals surface area contributed by atoms with Crippen LogP contribution in [-0.2, 0) is 9.53 Å². The minimum atomic E-state index is -1.02. The normalized spacial score (nSPS) is 14.0. The Balaban J connectivity index is 1.76. The molecule has 1 unspecified atom stereocenters. The van der Waals surface area contributed by atoms with Crippen molar-refractivity contribution in [3.05, 3.63) is 65.0 Å². The fraction of sp³-hybridized carbons (Fsp3) is 0.273. The van der Waals surface area contributed by atoms with Gasteiger partial charge in [0, 0.05) is 6.54 Å². The number of benzene rings is 2. The molecule has 1 heterocycles. The molecule has 0 saturated carbocycles. The minimum Gasteiger partial charge on any atom is -0.449 e. The Bertz CT molecular complexity index is 1020. The molecular formula is C22H21FN2O5. The summed E-state index contributed by atoms with van der Waals surface area (Å²) in [4.78, 5) is 50.7. The lowest BCUT2D eigenvalue weighted by Crippen LogP contribution is -2.37. The van der Waals surface area contributed by atoms with Crippen LogP contribution in [0.5, 0.6) is 0 Å². The van der Waals surface area contributed by atoms with Crippen LogP contribution in [0.3, 0.4) is 0 Å². The van der Waals surface area contributed by atoms with Crippen molar-refractivity contribution in [3.8, 4) is 0 Å². The highest BCUT2D eigenvalue weighted by molar-refractivity contribution is 6.34. The Morgan fingerprint density at radius 2 is 1.63 bits per heavy atom. The summed E-state index contributed by atoms with van der Waals surface area (Å²) < 4.78 is 18.3. The van der Waals surface area contributed by atoms with E-state index in [-0.39, 0.29) is 28.3 Å². The lowest BCUT2D eigenvalue weighted by Gasteiger charge is -2.14. The van der Waals surface area contributed by atoms with Crippen molar-refractivity contribution in [2.75, 3.05) is 11.4 Å². The van der Waals surface area contributed by atoms with Crippen molar-refractivity contribution in [2.45, 2.75) is 26.9 Å². The van der Waals surface area contributed by atoms with E-state index in [2.05, 4.69) is 5.32 Å². The summed E-state index contributed by atoms with van der Waals surface area (Å²) in [7, 11) is 0. The van der Waals surface area contributed by atoms with Crippen LogP contribution in [-0.4, -0.2) is 36.3 Å². The standard InChI is InChI=1S/C22H21FN2O5/c1-12(2)11-24-19(26)13(3)30-22(29)14-4-9-17-18(10-14)21(28)25(20(17)27)16-7-5-15(23)6-8-16/h4-10,12-13H,11H2,1-3H3,(H,24,26). The number of imide groups is 1. The number of nitrogens with one attached hydrogen (secondary N) is 1. The number of amides is 3. The molecule has 156 valence electrons. The summed E-state index contributed by atoms with van der Waals surface area (Å²) in [5.41, 5.74) is 0.431. The summed E-state index contributed by atoms with van der Waals surface area (Å²) in [5.74, 6) is -2.65. The summed E-state index contributed by atoms with van der Waals surface area (Å²) in [5, 5.41) is 2.67. The number of anilines is 1. The van der Waals surface area contributed by atoms with Gasteiger partial charge in [0.05, 0.1) is 22.4 Å². The van der Waals surface area contributed by atoms with Crippen LogP contribution in [0.2, 0.25) is 0 Å². The molecule has 7 nitrogen and oxygen atoms in total. The Morgan fingerprint density at radius 1 is 1.00 bits per heavy atom. The second-order valence-corrected chi connectivity index (χ2v) is 7.37. The van der Waals surface area contributed by atoms with Crippen molar-refractivity contribution in [2.24, 2.45) is 5.92 Å². The van der Waals surface area contributed by atoms with Crippen LogP contribution >= 0.6 is 0 Å². The molecule has 1 N–H and O–H groups in total. The third kappa shape index (κ3) is 4.22. The zero-order valence-electron chi connectivity index (χ0n) is 16.8. The third-order valence-corrected chi connectivity index (χ3v) is 4.54. The van der Waals surface area contributed by atoms with Gasteiger partial charge in [0.15, 0.2) is 6.10 Å². The summed E-state index contributed by atoms with van der Waals surface area (Å²) >= 11 is 0. The maximum atomic E-state index is 13.2. The number of esters is 1. The third-order valence-electron chi connectivity index (χ3n) is 4.54. The number of rotatable bonds is 6. The highest BCUT2D eigenvalue weighted by Gasteiger charge is 2.37. The Hall–Kier alpha value is -3.55. The molecule has 30 heavy (non-hydrogen) atoms. The smallest absolute Gasteiger partial charge is 0.338 e. The molecule has 2 aromatic carbocycles. The first kappa shape index (κ1) is 21.2. The molecule has 0 aromatic heterocycles.